The van der Waals surface area contributed by atoms with Gasteiger partial charge in [-0.3, -0.25) is 9.78 Å². The van der Waals surface area contributed by atoms with Crippen LogP contribution in [-0.4, -0.2) is 56.6 Å². The second-order valence-electron chi connectivity index (χ2n) is 6.01. The molecule has 0 unspecified atom stereocenters. The summed E-state index contributed by atoms with van der Waals surface area (Å²) in [4.78, 5) is 15.6. The fraction of sp³-hybridized carbons (Fsp3) is 0.333. The molecule has 7 nitrogen and oxygen atoms in total. The fourth-order valence-electron chi connectivity index (χ4n) is 2.38. The van der Waals surface area contributed by atoms with Gasteiger partial charge in [0.2, 0.25) is 10.0 Å². The number of hydrogen-bond acceptors (Lipinski definition) is 5. The van der Waals surface area contributed by atoms with Gasteiger partial charge in [-0.25, -0.2) is 8.42 Å². The maximum absolute atomic E-state index is 13.0. The first kappa shape index (κ1) is 22.8. The average Bonchev–Trinajstić information content (AvgIpc) is 2.69. The molecule has 1 amide bonds. The number of amides is 1. The molecule has 0 spiro atoms. The molecule has 0 bridgehead atoms. The molecule has 1 aromatic carbocycles. The first-order valence-corrected chi connectivity index (χ1v) is 9.90. The van der Waals surface area contributed by atoms with E-state index in [1.165, 1.54) is 23.5 Å². The van der Waals surface area contributed by atoms with Gasteiger partial charge in [0.15, 0.2) is 0 Å². The maximum Gasteiger partial charge on any atom is 0.405 e. The summed E-state index contributed by atoms with van der Waals surface area (Å²) < 4.78 is 68.8. The molecule has 1 aromatic heterocycles. The Morgan fingerprint density at radius 2 is 1.90 bits per heavy atom. The Balaban J connectivity index is 2.19. The van der Waals surface area contributed by atoms with Crippen LogP contribution in [-0.2, 0) is 21.3 Å². The van der Waals surface area contributed by atoms with Crippen molar-refractivity contribution in [3.05, 3.63) is 59.9 Å². The van der Waals surface area contributed by atoms with Crippen LogP contribution in [0.25, 0.3) is 0 Å². The molecule has 0 atom stereocenters. The highest BCUT2D eigenvalue weighted by Gasteiger charge is 2.28. The molecule has 2 aromatic rings. The molecule has 0 radical (unpaired) electrons. The van der Waals surface area contributed by atoms with Crippen molar-refractivity contribution in [2.75, 3.05) is 26.8 Å². The zero-order valence-corrected chi connectivity index (χ0v) is 16.3. The predicted octanol–water partition coefficient (Wildman–Crippen LogP) is 2.21. The van der Waals surface area contributed by atoms with Crippen LogP contribution in [0.4, 0.5) is 13.2 Å². The van der Waals surface area contributed by atoms with E-state index in [1.807, 2.05) is 0 Å². The fourth-order valence-corrected chi connectivity index (χ4v) is 3.79. The number of methoxy groups -OCH3 is 1. The second-order valence-corrected chi connectivity index (χ2v) is 7.95. The highest BCUT2D eigenvalue weighted by atomic mass is 32.2. The highest BCUT2D eigenvalue weighted by molar-refractivity contribution is 7.89. The van der Waals surface area contributed by atoms with Crippen LogP contribution < -0.4 is 5.32 Å². The summed E-state index contributed by atoms with van der Waals surface area (Å²) in [6.07, 6.45) is -1.42. The lowest BCUT2D eigenvalue weighted by Crippen LogP contribution is -2.34. The standard InChI is InChI=1S/C18H20F3N3O4S/c1-28-10-9-24(12-14-3-2-8-22-11-14)29(26,27)16-6-4-15(5-7-16)17(25)23-13-18(19,20)21/h2-8,11H,9-10,12-13H2,1H3,(H,23,25). The first-order valence-electron chi connectivity index (χ1n) is 8.46. The monoisotopic (exact) mass is 431 g/mol. The minimum atomic E-state index is -4.53. The van der Waals surface area contributed by atoms with Gasteiger partial charge < -0.3 is 10.1 Å². The van der Waals surface area contributed by atoms with Gasteiger partial charge in [0, 0.05) is 38.2 Å². The molecule has 0 fully saturated rings. The van der Waals surface area contributed by atoms with Crippen molar-refractivity contribution in [3.63, 3.8) is 0 Å². The number of benzene rings is 1. The number of carbonyl (C=O) groups is 1. The second kappa shape index (κ2) is 9.81. The van der Waals surface area contributed by atoms with Crippen LogP contribution in [0, 0.1) is 0 Å². The smallest absolute Gasteiger partial charge is 0.383 e. The van der Waals surface area contributed by atoms with E-state index >= 15 is 0 Å². The third-order valence-electron chi connectivity index (χ3n) is 3.83. The van der Waals surface area contributed by atoms with Gasteiger partial charge in [0.05, 0.1) is 11.5 Å². The number of ether oxygens (including phenoxy) is 1. The molecule has 2 rings (SSSR count). The van der Waals surface area contributed by atoms with Crippen molar-refractivity contribution in [1.82, 2.24) is 14.6 Å². The molecule has 158 valence electrons. The van der Waals surface area contributed by atoms with E-state index in [2.05, 4.69) is 4.98 Å². The summed E-state index contributed by atoms with van der Waals surface area (Å²) in [5.41, 5.74) is 0.597. The normalized spacial score (nSPS) is 12.2. The SMILES string of the molecule is COCCN(Cc1cccnc1)S(=O)(=O)c1ccc(C(=O)NCC(F)(F)F)cc1. The molecule has 1 N–H and O–H groups in total. The number of sulfonamides is 1. The van der Waals surface area contributed by atoms with Gasteiger partial charge in [-0.15, -0.1) is 0 Å². The Morgan fingerprint density at radius 3 is 2.45 bits per heavy atom. The molecule has 0 saturated carbocycles. The minimum absolute atomic E-state index is 0.0629. The molecule has 1 heterocycles. The van der Waals surface area contributed by atoms with E-state index in [9.17, 15) is 26.4 Å². The summed E-state index contributed by atoms with van der Waals surface area (Å²) in [5, 5.41) is 1.73. The number of pyridine rings is 1. The lowest BCUT2D eigenvalue weighted by atomic mass is 10.2. The number of halogens is 3. The Kier molecular flexibility index (Phi) is 7.71. The lowest BCUT2D eigenvalue weighted by molar-refractivity contribution is -0.123. The van der Waals surface area contributed by atoms with E-state index in [1.54, 1.807) is 29.8 Å². The first-order chi connectivity index (χ1) is 13.6. The van der Waals surface area contributed by atoms with Gasteiger partial charge >= 0.3 is 6.18 Å². The quantitative estimate of drug-likeness (QED) is 0.658. The van der Waals surface area contributed by atoms with Crippen molar-refractivity contribution < 1.29 is 31.1 Å². The summed E-state index contributed by atoms with van der Waals surface area (Å²) in [7, 11) is -2.49. The highest BCUT2D eigenvalue weighted by Crippen LogP contribution is 2.19. The Labute approximate surface area is 166 Å². The zero-order valence-electron chi connectivity index (χ0n) is 15.5. The molecular weight excluding hydrogens is 411 g/mol. The Morgan fingerprint density at radius 1 is 1.21 bits per heavy atom. The largest absolute Gasteiger partial charge is 0.405 e. The van der Waals surface area contributed by atoms with Crippen LogP contribution in [0.5, 0.6) is 0 Å². The zero-order chi connectivity index (χ0) is 21.5. The predicted molar refractivity (Wildman–Crippen MR) is 98.5 cm³/mol. The van der Waals surface area contributed by atoms with Crippen LogP contribution in [0.1, 0.15) is 15.9 Å². The molecule has 0 aliphatic carbocycles. The minimum Gasteiger partial charge on any atom is -0.383 e. The number of rotatable bonds is 9. The summed E-state index contributed by atoms with van der Waals surface area (Å²) in [5.74, 6) is -0.946. The summed E-state index contributed by atoms with van der Waals surface area (Å²) >= 11 is 0. The van der Waals surface area contributed by atoms with Crippen molar-refractivity contribution in [1.29, 1.82) is 0 Å². The van der Waals surface area contributed by atoms with Gasteiger partial charge in [-0.05, 0) is 35.9 Å². The number of hydrogen-bond donors (Lipinski definition) is 1. The number of aromatic nitrogens is 1. The molecule has 29 heavy (non-hydrogen) atoms. The third-order valence-corrected chi connectivity index (χ3v) is 5.69. The van der Waals surface area contributed by atoms with E-state index in [4.69, 9.17) is 4.74 Å². The van der Waals surface area contributed by atoms with E-state index in [0.29, 0.717) is 5.56 Å². The molecule has 0 saturated heterocycles. The van der Waals surface area contributed by atoms with Crippen LogP contribution >= 0.6 is 0 Å². The Bertz CT molecular complexity index is 904. The van der Waals surface area contributed by atoms with Crippen molar-refractivity contribution in [2.24, 2.45) is 0 Å². The number of nitrogens with zero attached hydrogens (tertiary/aromatic N) is 2. The summed E-state index contributed by atoms with van der Waals surface area (Å²) in [6, 6.07) is 8.11. The van der Waals surface area contributed by atoms with Crippen molar-refractivity contribution in [2.45, 2.75) is 17.6 Å². The van der Waals surface area contributed by atoms with E-state index in [0.717, 1.165) is 12.1 Å². The van der Waals surface area contributed by atoms with E-state index < -0.39 is 28.7 Å². The van der Waals surface area contributed by atoms with Gasteiger partial charge in [-0.1, -0.05) is 6.07 Å². The van der Waals surface area contributed by atoms with Crippen LogP contribution in [0.15, 0.2) is 53.7 Å². The van der Waals surface area contributed by atoms with Gasteiger partial charge in [0.1, 0.15) is 6.54 Å². The maximum atomic E-state index is 13.0. The number of nitrogens with one attached hydrogen (secondary N) is 1. The molecule has 0 aliphatic rings. The van der Waals surface area contributed by atoms with Crippen LogP contribution in [0.3, 0.4) is 0 Å². The molecule has 11 heteroatoms. The Hall–Kier alpha value is -2.50. The summed E-state index contributed by atoms with van der Waals surface area (Å²) in [6.45, 7) is -1.16. The van der Waals surface area contributed by atoms with Gasteiger partial charge in [-0.2, -0.15) is 17.5 Å². The molecular formula is C18H20F3N3O4S. The topological polar surface area (TPSA) is 88.6 Å². The number of alkyl halides is 3. The average molecular weight is 431 g/mol. The van der Waals surface area contributed by atoms with E-state index in [-0.39, 0.29) is 30.2 Å². The number of carbonyl (C=O) groups excluding carboxylic acids is 1. The van der Waals surface area contributed by atoms with Crippen molar-refractivity contribution in [3.8, 4) is 0 Å². The van der Waals surface area contributed by atoms with Crippen LogP contribution in [0.2, 0.25) is 0 Å². The third kappa shape index (κ3) is 6.80. The molecule has 0 aliphatic heterocycles. The lowest BCUT2D eigenvalue weighted by Gasteiger charge is -2.22. The van der Waals surface area contributed by atoms with Crippen molar-refractivity contribution >= 4 is 15.9 Å². The van der Waals surface area contributed by atoms with Gasteiger partial charge in [0.25, 0.3) is 5.91 Å².